The van der Waals surface area contributed by atoms with Crippen LogP contribution in [0.5, 0.6) is 0 Å². The lowest BCUT2D eigenvalue weighted by molar-refractivity contribution is -0.150. The topological polar surface area (TPSA) is 189 Å². The molecular formula is C49H88O13. The van der Waals surface area contributed by atoms with E-state index < -0.39 is 24.0 Å². The first kappa shape index (κ1) is 58.8. The van der Waals surface area contributed by atoms with Gasteiger partial charge in [-0.3, -0.25) is 28.8 Å². The Morgan fingerprint density at radius 2 is 0.548 bits per heavy atom. The third-order valence-corrected chi connectivity index (χ3v) is 10.7. The lowest BCUT2D eigenvalue weighted by Gasteiger charge is -2.10. The summed E-state index contributed by atoms with van der Waals surface area (Å²) in [5.41, 5.74) is 0. The summed E-state index contributed by atoms with van der Waals surface area (Å²) in [7, 11) is 0. The average molecular weight is 885 g/mol. The molecule has 0 spiro atoms. The lowest BCUT2D eigenvalue weighted by atomic mass is 10.1. The Morgan fingerprint density at radius 1 is 0.323 bits per heavy atom. The number of rotatable bonds is 47. The van der Waals surface area contributed by atoms with Gasteiger partial charge in [-0.1, -0.05) is 129 Å². The lowest BCUT2D eigenvalue weighted by Crippen LogP contribution is -2.21. The van der Waals surface area contributed by atoms with Gasteiger partial charge in [0.1, 0.15) is 0 Å². The van der Waals surface area contributed by atoms with Gasteiger partial charge in [-0.2, -0.15) is 0 Å². The minimum absolute atomic E-state index is 0.160. The van der Waals surface area contributed by atoms with Crippen molar-refractivity contribution in [2.75, 3.05) is 33.0 Å². The highest BCUT2D eigenvalue weighted by molar-refractivity contribution is 5.73. The Morgan fingerprint density at radius 3 is 0.839 bits per heavy atom. The van der Waals surface area contributed by atoms with Gasteiger partial charge in [0.15, 0.2) is 0 Å². The van der Waals surface area contributed by atoms with Gasteiger partial charge < -0.3 is 33.9 Å². The summed E-state index contributed by atoms with van der Waals surface area (Å²) in [6.45, 7) is 4.00. The first-order chi connectivity index (χ1) is 30.1. The molecule has 362 valence electrons. The molecule has 0 heterocycles. The van der Waals surface area contributed by atoms with E-state index in [-0.39, 0.29) is 43.8 Å². The van der Waals surface area contributed by atoms with Gasteiger partial charge in [-0.05, 0) is 70.6 Å². The molecule has 0 fully saturated rings. The van der Waals surface area contributed by atoms with Crippen molar-refractivity contribution in [3.63, 3.8) is 0 Å². The molecule has 2 N–H and O–H groups in total. The van der Waals surface area contributed by atoms with E-state index in [2.05, 4.69) is 6.92 Å². The zero-order valence-electron chi connectivity index (χ0n) is 39.0. The van der Waals surface area contributed by atoms with E-state index in [1.165, 1.54) is 44.9 Å². The number of aliphatic hydroxyl groups excluding tert-OH is 1. The van der Waals surface area contributed by atoms with Crippen LogP contribution in [0.2, 0.25) is 0 Å². The van der Waals surface area contributed by atoms with Gasteiger partial charge in [0.05, 0.1) is 52.0 Å². The van der Waals surface area contributed by atoms with E-state index in [0.29, 0.717) is 77.8 Å². The molecule has 0 aromatic carbocycles. The molecule has 0 aliphatic carbocycles. The third kappa shape index (κ3) is 46.3. The Balaban J connectivity index is 3.46. The van der Waals surface area contributed by atoms with Gasteiger partial charge in [-0.15, -0.1) is 0 Å². The van der Waals surface area contributed by atoms with Gasteiger partial charge in [0, 0.05) is 25.7 Å². The molecule has 0 bridgehead atoms. The van der Waals surface area contributed by atoms with Crippen molar-refractivity contribution in [1.82, 2.24) is 0 Å². The van der Waals surface area contributed by atoms with Crippen LogP contribution in [0.4, 0.5) is 0 Å². The highest BCUT2D eigenvalue weighted by Crippen LogP contribution is 2.14. The van der Waals surface area contributed by atoms with Crippen molar-refractivity contribution in [1.29, 1.82) is 0 Å². The molecule has 62 heavy (non-hydrogen) atoms. The predicted molar refractivity (Wildman–Crippen MR) is 240 cm³/mol. The fraction of sp³-hybridized carbons (Fsp3) is 0.878. The Bertz CT molecular complexity index is 1110. The summed E-state index contributed by atoms with van der Waals surface area (Å²) in [6, 6.07) is 0. The van der Waals surface area contributed by atoms with Gasteiger partial charge in [0.25, 0.3) is 0 Å². The van der Waals surface area contributed by atoms with Crippen molar-refractivity contribution in [3.8, 4) is 0 Å². The van der Waals surface area contributed by atoms with Crippen LogP contribution in [0.15, 0.2) is 0 Å². The molecular weight excluding hydrogens is 797 g/mol. The van der Waals surface area contributed by atoms with Gasteiger partial charge in [0.2, 0.25) is 0 Å². The Labute approximate surface area is 374 Å². The first-order valence-electron chi connectivity index (χ1n) is 24.8. The number of carboxylic acid groups (broad SMARTS) is 1. The van der Waals surface area contributed by atoms with E-state index in [1.807, 2.05) is 0 Å². The molecule has 13 heteroatoms. The number of esters is 5. The second-order valence-corrected chi connectivity index (χ2v) is 16.8. The second-order valence-electron chi connectivity index (χ2n) is 16.8. The number of aliphatic carboxylic acids is 1. The molecule has 1 unspecified atom stereocenters. The molecule has 1 atom stereocenters. The van der Waals surface area contributed by atoms with Crippen LogP contribution in [-0.2, 0) is 52.5 Å². The maximum Gasteiger partial charge on any atom is 0.308 e. The number of hydrogen-bond donors (Lipinski definition) is 2. The smallest absolute Gasteiger partial charge is 0.308 e. The van der Waals surface area contributed by atoms with Crippen molar-refractivity contribution >= 4 is 35.8 Å². The number of aliphatic hydroxyl groups is 1. The number of carbonyl (C=O) groups excluding carboxylic acids is 5. The average Bonchev–Trinajstić information content (AvgIpc) is 3.23. The van der Waals surface area contributed by atoms with Crippen LogP contribution in [-0.4, -0.2) is 85.2 Å². The van der Waals surface area contributed by atoms with E-state index in [0.717, 1.165) is 116 Å². The van der Waals surface area contributed by atoms with Crippen LogP contribution in [0.1, 0.15) is 238 Å². The molecule has 0 amide bonds. The molecule has 0 radical (unpaired) electrons. The minimum atomic E-state index is -1.11. The van der Waals surface area contributed by atoms with E-state index in [4.69, 9.17) is 28.8 Å². The SMILES string of the molecule is CCCCCCCCCCCCOC(=O)CC(O)CC(=O)OCCCCCCCC(=O)OCCCCCC(=O)OCCCCCCCCCCCC(=O)OCCCCCC(=O)O. The quantitative estimate of drug-likeness (QED) is 0.0334. The number of hydrogen-bond acceptors (Lipinski definition) is 12. The molecule has 0 aliphatic heterocycles. The zero-order chi connectivity index (χ0) is 45.6. The highest BCUT2D eigenvalue weighted by atomic mass is 16.5. The highest BCUT2D eigenvalue weighted by Gasteiger charge is 2.17. The van der Waals surface area contributed by atoms with Crippen molar-refractivity contribution in [2.24, 2.45) is 0 Å². The van der Waals surface area contributed by atoms with Crippen LogP contribution in [0.25, 0.3) is 0 Å². The molecule has 13 nitrogen and oxygen atoms in total. The standard InChI is InChI=1S/C49H88O13/c1-2-3-4-5-6-7-10-14-19-28-39-61-48(56)41-43(50)42-49(57)62-40-29-20-15-17-25-34-46(54)60-38-31-22-26-35-47(55)58-36-27-18-13-11-8-9-12-16-24-33-45(53)59-37-30-21-23-32-44(51)52/h43,50H,2-42H2,1H3,(H,51,52). The summed E-state index contributed by atoms with van der Waals surface area (Å²) in [5.74, 6) is -2.37. The predicted octanol–water partition coefficient (Wildman–Crippen LogP) is 11.2. The van der Waals surface area contributed by atoms with E-state index in [9.17, 15) is 33.9 Å². The van der Waals surface area contributed by atoms with Crippen LogP contribution in [0, 0.1) is 0 Å². The first-order valence-corrected chi connectivity index (χ1v) is 24.8. The Hall–Kier alpha value is -3.22. The summed E-state index contributed by atoms with van der Waals surface area (Å²) in [6.07, 6.45) is 29.5. The molecule has 0 aliphatic rings. The Kier molecular flexibility index (Phi) is 43.4. The third-order valence-electron chi connectivity index (χ3n) is 10.7. The molecule has 0 saturated heterocycles. The van der Waals surface area contributed by atoms with Gasteiger partial charge >= 0.3 is 35.8 Å². The molecule has 0 aromatic rings. The minimum Gasteiger partial charge on any atom is -0.481 e. The number of ether oxygens (including phenoxy) is 5. The van der Waals surface area contributed by atoms with Crippen molar-refractivity contribution < 1.29 is 62.7 Å². The number of carbonyl (C=O) groups is 6. The second kappa shape index (κ2) is 45.8. The van der Waals surface area contributed by atoms with Gasteiger partial charge in [-0.25, -0.2) is 0 Å². The molecule has 0 rings (SSSR count). The van der Waals surface area contributed by atoms with Crippen molar-refractivity contribution in [3.05, 3.63) is 0 Å². The van der Waals surface area contributed by atoms with E-state index in [1.54, 1.807) is 0 Å². The zero-order valence-corrected chi connectivity index (χ0v) is 39.0. The summed E-state index contributed by atoms with van der Waals surface area (Å²) < 4.78 is 26.3. The fourth-order valence-corrected chi connectivity index (χ4v) is 6.92. The maximum atomic E-state index is 12.0. The monoisotopic (exact) mass is 885 g/mol. The molecule has 0 saturated carbocycles. The maximum absolute atomic E-state index is 12.0. The normalized spacial score (nSPS) is 11.5. The molecule has 0 aromatic heterocycles. The number of unbranched alkanes of at least 4 members (excludes halogenated alkanes) is 25. The largest absolute Gasteiger partial charge is 0.481 e. The number of carboxylic acids is 1. The van der Waals surface area contributed by atoms with E-state index >= 15 is 0 Å². The fourth-order valence-electron chi connectivity index (χ4n) is 6.92. The van der Waals surface area contributed by atoms with Crippen molar-refractivity contribution in [2.45, 2.75) is 244 Å². The summed E-state index contributed by atoms with van der Waals surface area (Å²) in [4.78, 5) is 70.2. The van der Waals surface area contributed by atoms with Crippen LogP contribution in [0.3, 0.4) is 0 Å². The van der Waals surface area contributed by atoms with Crippen LogP contribution >= 0.6 is 0 Å². The van der Waals surface area contributed by atoms with Crippen LogP contribution < -0.4 is 0 Å². The summed E-state index contributed by atoms with van der Waals surface area (Å²) >= 11 is 0. The summed E-state index contributed by atoms with van der Waals surface area (Å²) in [5, 5.41) is 18.7.